The van der Waals surface area contributed by atoms with Crippen molar-refractivity contribution in [3.63, 3.8) is 0 Å². The number of nitrogens with zero attached hydrogens (tertiary/aromatic N) is 1. The van der Waals surface area contributed by atoms with Gasteiger partial charge in [0, 0.05) is 6.54 Å². The van der Waals surface area contributed by atoms with Gasteiger partial charge in [-0.25, -0.2) is 0 Å². The van der Waals surface area contributed by atoms with Crippen molar-refractivity contribution in [1.82, 2.24) is 5.32 Å². The highest BCUT2D eigenvalue weighted by molar-refractivity contribution is 6.03. The molecular formula is C14H18N2O3. The number of anilines is 1. The molecule has 1 atom stereocenters. The van der Waals surface area contributed by atoms with Gasteiger partial charge in [-0.3, -0.25) is 14.5 Å². The molecule has 5 heteroatoms. The van der Waals surface area contributed by atoms with Gasteiger partial charge >= 0.3 is 0 Å². The first kappa shape index (κ1) is 13.4. The van der Waals surface area contributed by atoms with E-state index in [-0.39, 0.29) is 18.4 Å². The van der Waals surface area contributed by atoms with Crippen molar-refractivity contribution in [3.05, 3.63) is 24.3 Å². The second-order valence-electron chi connectivity index (χ2n) is 4.50. The fourth-order valence-corrected chi connectivity index (χ4v) is 1.99. The van der Waals surface area contributed by atoms with Crippen LogP contribution in [0, 0.1) is 0 Å². The lowest BCUT2D eigenvalue weighted by atomic mass is 10.2. The first-order valence-corrected chi connectivity index (χ1v) is 6.47. The highest BCUT2D eigenvalue weighted by Crippen LogP contribution is 2.33. The van der Waals surface area contributed by atoms with Gasteiger partial charge in [-0.15, -0.1) is 0 Å². The summed E-state index contributed by atoms with van der Waals surface area (Å²) in [7, 11) is 0. The SMILES string of the molecule is CCCNC(=O)CN1C(=O)C(C)Oc2ccccc21. The first-order valence-electron chi connectivity index (χ1n) is 6.47. The number of ether oxygens (including phenoxy) is 1. The van der Waals surface area contributed by atoms with Crippen LogP contribution in [0.4, 0.5) is 5.69 Å². The molecule has 0 radical (unpaired) electrons. The second kappa shape index (κ2) is 5.73. The van der Waals surface area contributed by atoms with Crippen molar-refractivity contribution in [3.8, 4) is 5.75 Å². The van der Waals surface area contributed by atoms with Gasteiger partial charge in [0.05, 0.1) is 5.69 Å². The molecule has 2 amide bonds. The van der Waals surface area contributed by atoms with E-state index in [2.05, 4.69) is 5.32 Å². The quantitative estimate of drug-likeness (QED) is 0.890. The van der Waals surface area contributed by atoms with Gasteiger partial charge in [0.1, 0.15) is 12.3 Å². The lowest BCUT2D eigenvalue weighted by Crippen LogP contribution is -2.48. The molecule has 1 heterocycles. The van der Waals surface area contributed by atoms with Crippen LogP contribution in [0.2, 0.25) is 0 Å². The molecule has 0 bridgehead atoms. The Morgan fingerprint density at radius 2 is 2.16 bits per heavy atom. The summed E-state index contributed by atoms with van der Waals surface area (Å²) in [6, 6.07) is 7.25. The van der Waals surface area contributed by atoms with Gasteiger partial charge in [0.2, 0.25) is 5.91 Å². The van der Waals surface area contributed by atoms with E-state index in [0.29, 0.717) is 18.0 Å². The molecule has 1 aliphatic rings. The summed E-state index contributed by atoms with van der Waals surface area (Å²) in [5.74, 6) is 0.294. The Bertz CT molecular complexity index is 487. The molecule has 0 saturated heterocycles. The van der Waals surface area contributed by atoms with Gasteiger partial charge in [0.25, 0.3) is 5.91 Å². The molecule has 2 rings (SSSR count). The minimum atomic E-state index is -0.561. The third-order valence-electron chi connectivity index (χ3n) is 2.95. The zero-order valence-electron chi connectivity index (χ0n) is 11.2. The predicted molar refractivity (Wildman–Crippen MR) is 72.2 cm³/mol. The van der Waals surface area contributed by atoms with Crippen LogP contribution in [0.5, 0.6) is 5.75 Å². The van der Waals surface area contributed by atoms with Gasteiger partial charge in [0.15, 0.2) is 6.10 Å². The number of nitrogens with one attached hydrogen (secondary N) is 1. The minimum Gasteiger partial charge on any atom is -0.479 e. The predicted octanol–water partition coefficient (Wildman–Crippen LogP) is 1.33. The average molecular weight is 262 g/mol. The highest BCUT2D eigenvalue weighted by Gasteiger charge is 2.32. The fraction of sp³-hybridized carbons (Fsp3) is 0.429. The number of rotatable bonds is 4. The maximum atomic E-state index is 12.1. The third-order valence-corrected chi connectivity index (χ3v) is 2.95. The Kier molecular flexibility index (Phi) is 4.04. The average Bonchev–Trinajstić information content (AvgIpc) is 2.41. The summed E-state index contributed by atoms with van der Waals surface area (Å²) in [6.07, 6.45) is 0.310. The maximum Gasteiger partial charge on any atom is 0.268 e. The number of carbonyl (C=O) groups excluding carboxylic acids is 2. The maximum absolute atomic E-state index is 12.1. The largest absolute Gasteiger partial charge is 0.479 e. The van der Waals surface area contributed by atoms with Crippen molar-refractivity contribution >= 4 is 17.5 Å². The zero-order valence-corrected chi connectivity index (χ0v) is 11.2. The van der Waals surface area contributed by atoms with Crippen LogP contribution in [0.3, 0.4) is 0 Å². The van der Waals surface area contributed by atoms with E-state index < -0.39 is 6.10 Å². The van der Waals surface area contributed by atoms with Gasteiger partial charge in [-0.05, 0) is 25.5 Å². The number of fused-ring (bicyclic) bond motifs is 1. The van der Waals surface area contributed by atoms with E-state index in [4.69, 9.17) is 4.74 Å². The van der Waals surface area contributed by atoms with Crippen molar-refractivity contribution in [1.29, 1.82) is 0 Å². The van der Waals surface area contributed by atoms with Crippen LogP contribution in [0.25, 0.3) is 0 Å². The molecule has 1 aromatic carbocycles. The Morgan fingerprint density at radius 3 is 2.89 bits per heavy atom. The van der Waals surface area contributed by atoms with Crippen LogP contribution in [0.15, 0.2) is 24.3 Å². The van der Waals surface area contributed by atoms with Crippen molar-refractivity contribution in [2.45, 2.75) is 26.4 Å². The van der Waals surface area contributed by atoms with E-state index in [9.17, 15) is 9.59 Å². The summed E-state index contributed by atoms with van der Waals surface area (Å²) < 4.78 is 5.51. The summed E-state index contributed by atoms with van der Waals surface area (Å²) in [6.45, 7) is 4.32. The van der Waals surface area contributed by atoms with Crippen molar-refractivity contribution in [2.24, 2.45) is 0 Å². The highest BCUT2D eigenvalue weighted by atomic mass is 16.5. The number of hydrogen-bond acceptors (Lipinski definition) is 3. The van der Waals surface area contributed by atoms with Gasteiger partial charge in [-0.2, -0.15) is 0 Å². The van der Waals surface area contributed by atoms with Crippen molar-refractivity contribution < 1.29 is 14.3 Å². The molecule has 102 valence electrons. The van der Waals surface area contributed by atoms with E-state index in [1.165, 1.54) is 4.90 Å². The fourth-order valence-electron chi connectivity index (χ4n) is 1.99. The molecule has 1 unspecified atom stereocenters. The number of carbonyl (C=O) groups is 2. The summed E-state index contributed by atoms with van der Waals surface area (Å²) in [4.78, 5) is 25.4. The van der Waals surface area contributed by atoms with Crippen LogP contribution < -0.4 is 15.0 Å². The van der Waals surface area contributed by atoms with E-state index >= 15 is 0 Å². The summed E-state index contributed by atoms with van der Waals surface area (Å²) in [5, 5.41) is 2.77. The molecular weight excluding hydrogens is 244 g/mol. The minimum absolute atomic E-state index is 0.0313. The summed E-state index contributed by atoms with van der Waals surface area (Å²) >= 11 is 0. The molecule has 1 aromatic rings. The van der Waals surface area contributed by atoms with E-state index in [0.717, 1.165) is 6.42 Å². The lowest BCUT2D eigenvalue weighted by Gasteiger charge is -2.32. The third kappa shape index (κ3) is 2.86. The normalized spacial score (nSPS) is 17.7. The smallest absolute Gasteiger partial charge is 0.268 e. The molecule has 0 aromatic heterocycles. The zero-order chi connectivity index (χ0) is 13.8. The van der Waals surface area contributed by atoms with E-state index in [1.54, 1.807) is 19.1 Å². The molecule has 0 aliphatic carbocycles. The monoisotopic (exact) mass is 262 g/mol. The van der Waals surface area contributed by atoms with Crippen LogP contribution >= 0.6 is 0 Å². The Morgan fingerprint density at radius 1 is 1.42 bits per heavy atom. The molecule has 5 nitrogen and oxygen atoms in total. The molecule has 0 fully saturated rings. The number of benzene rings is 1. The number of amides is 2. The van der Waals surface area contributed by atoms with Gasteiger partial charge in [-0.1, -0.05) is 19.1 Å². The lowest BCUT2D eigenvalue weighted by molar-refractivity contribution is -0.128. The van der Waals surface area contributed by atoms with Gasteiger partial charge < -0.3 is 10.1 Å². The Balaban J connectivity index is 2.18. The molecule has 1 N–H and O–H groups in total. The van der Waals surface area contributed by atoms with Crippen molar-refractivity contribution in [2.75, 3.05) is 18.0 Å². The standard InChI is InChI=1S/C14H18N2O3/c1-3-8-15-13(17)9-16-11-6-4-5-7-12(11)19-10(2)14(16)18/h4-7,10H,3,8-9H2,1-2H3,(H,15,17). The van der Waals surface area contributed by atoms with Crippen LogP contribution in [-0.2, 0) is 9.59 Å². The van der Waals surface area contributed by atoms with E-state index in [1.807, 2.05) is 19.1 Å². The molecule has 1 aliphatic heterocycles. The Labute approximate surface area is 112 Å². The topological polar surface area (TPSA) is 58.6 Å². The summed E-state index contributed by atoms with van der Waals surface area (Å²) in [5.41, 5.74) is 0.650. The van der Waals surface area contributed by atoms with Crippen LogP contribution in [-0.4, -0.2) is 31.0 Å². The Hall–Kier alpha value is -2.04. The molecule has 0 spiro atoms. The second-order valence-corrected chi connectivity index (χ2v) is 4.50. The number of hydrogen-bond donors (Lipinski definition) is 1. The molecule has 0 saturated carbocycles. The number of para-hydroxylation sites is 2. The molecule has 19 heavy (non-hydrogen) atoms. The van der Waals surface area contributed by atoms with Crippen LogP contribution in [0.1, 0.15) is 20.3 Å². The first-order chi connectivity index (χ1) is 9.13.